The number of nitrogens with one attached hydrogen (secondary N) is 1. The highest BCUT2D eigenvalue weighted by Gasteiger charge is 2.18. The van der Waals surface area contributed by atoms with Gasteiger partial charge in [0.25, 0.3) is 5.91 Å². The monoisotopic (exact) mass is 399 g/mol. The molecule has 152 valence electrons. The molecule has 0 aliphatic rings. The van der Waals surface area contributed by atoms with Gasteiger partial charge in [-0.1, -0.05) is 0 Å². The number of hydrogen-bond donors (Lipinski definition) is 1. The summed E-state index contributed by atoms with van der Waals surface area (Å²) in [5, 5.41) is 6.92. The minimum atomic E-state index is -0.476. The average Bonchev–Trinajstić information content (AvgIpc) is 3.16. The Morgan fingerprint density at radius 1 is 1.07 bits per heavy atom. The third-order valence-corrected chi connectivity index (χ3v) is 4.20. The fourth-order valence-corrected chi connectivity index (χ4v) is 2.84. The topological polar surface area (TPSA) is 100 Å². The van der Waals surface area contributed by atoms with Crippen LogP contribution < -0.4 is 19.5 Å². The number of pyridine rings is 1. The number of esters is 1. The lowest BCUT2D eigenvalue weighted by Gasteiger charge is -2.14. The average molecular weight is 399 g/mol. The van der Waals surface area contributed by atoms with Gasteiger partial charge in [-0.2, -0.15) is 5.10 Å². The van der Waals surface area contributed by atoms with Crippen LogP contribution in [0.2, 0.25) is 0 Å². The summed E-state index contributed by atoms with van der Waals surface area (Å²) in [5.41, 5.74) is 1.64. The lowest BCUT2D eigenvalue weighted by atomic mass is 10.1. The molecule has 29 heavy (non-hydrogen) atoms. The van der Waals surface area contributed by atoms with Crippen molar-refractivity contribution in [2.45, 2.75) is 6.92 Å². The van der Waals surface area contributed by atoms with E-state index < -0.39 is 5.97 Å². The molecule has 0 saturated carbocycles. The first-order chi connectivity index (χ1) is 14.0. The zero-order valence-electron chi connectivity index (χ0n) is 16.5. The van der Waals surface area contributed by atoms with Gasteiger partial charge in [-0.15, -0.1) is 0 Å². The Kier molecular flexibility index (Phi) is 5.87. The van der Waals surface area contributed by atoms with Crippen LogP contribution in [0.4, 0.5) is 5.69 Å². The Labute approximate surface area is 167 Å². The minimum absolute atomic E-state index is 0.258. The van der Waals surface area contributed by atoms with Crippen LogP contribution in [0.3, 0.4) is 0 Å². The fourth-order valence-electron chi connectivity index (χ4n) is 2.84. The number of ether oxygens (including phenoxy) is 4. The summed E-state index contributed by atoms with van der Waals surface area (Å²) in [4.78, 5) is 24.8. The van der Waals surface area contributed by atoms with Gasteiger partial charge >= 0.3 is 5.97 Å². The van der Waals surface area contributed by atoms with Crippen molar-refractivity contribution in [3.8, 4) is 17.2 Å². The van der Waals surface area contributed by atoms with E-state index in [2.05, 4.69) is 10.4 Å². The van der Waals surface area contributed by atoms with Gasteiger partial charge in [0.2, 0.25) is 5.75 Å². The third kappa shape index (κ3) is 3.93. The molecule has 2 heterocycles. The molecule has 0 spiro atoms. The highest BCUT2D eigenvalue weighted by Crippen LogP contribution is 2.38. The van der Waals surface area contributed by atoms with Crippen molar-refractivity contribution in [1.82, 2.24) is 9.61 Å². The van der Waals surface area contributed by atoms with Crippen LogP contribution in [0.15, 0.2) is 36.7 Å². The van der Waals surface area contributed by atoms with Crippen molar-refractivity contribution in [2.24, 2.45) is 0 Å². The second-order valence-electron chi connectivity index (χ2n) is 5.89. The number of methoxy groups -OCH3 is 3. The standard InChI is InChI=1S/C20H21N3O6/c1-5-29-20(25)14-11-21-23-7-6-13(10-15(14)23)22-19(24)12-8-16(26-2)18(28-4)17(9-12)27-3/h6-11H,5H2,1-4H3,(H,22,24). The molecule has 3 aromatic rings. The van der Waals surface area contributed by atoms with E-state index in [1.807, 2.05) is 0 Å². The quantitative estimate of drug-likeness (QED) is 0.610. The third-order valence-electron chi connectivity index (χ3n) is 4.20. The number of carbonyl (C=O) groups is 2. The molecular weight excluding hydrogens is 378 g/mol. The molecule has 9 nitrogen and oxygen atoms in total. The van der Waals surface area contributed by atoms with Crippen LogP contribution >= 0.6 is 0 Å². The molecule has 0 atom stereocenters. The van der Waals surface area contributed by atoms with Gasteiger partial charge in [0.05, 0.1) is 39.6 Å². The number of anilines is 1. The molecule has 9 heteroatoms. The summed E-state index contributed by atoms with van der Waals surface area (Å²) >= 11 is 0. The van der Waals surface area contributed by atoms with Crippen LogP contribution in [-0.2, 0) is 4.74 Å². The predicted octanol–water partition coefficient (Wildman–Crippen LogP) is 2.79. The number of carbonyl (C=O) groups excluding carboxylic acids is 2. The van der Waals surface area contributed by atoms with Gasteiger partial charge in [0.1, 0.15) is 5.56 Å². The Bertz CT molecular complexity index is 1030. The lowest BCUT2D eigenvalue weighted by molar-refractivity contribution is 0.0528. The molecule has 0 radical (unpaired) electrons. The first kappa shape index (κ1) is 20.0. The maximum absolute atomic E-state index is 12.8. The number of aromatic nitrogens is 2. The van der Waals surface area contributed by atoms with E-state index in [-0.39, 0.29) is 12.5 Å². The van der Waals surface area contributed by atoms with E-state index in [9.17, 15) is 9.59 Å². The van der Waals surface area contributed by atoms with Gasteiger partial charge < -0.3 is 24.3 Å². The first-order valence-corrected chi connectivity index (χ1v) is 8.78. The zero-order chi connectivity index (χ0) is 21.0. The highest BCUT2D eigenvalue weighted by atomic mass is 16.5. The van der Waals surface area contributed by atoms with Crippen LogP contribution in [0.5, 0.6) is 17.2 Å². The predicted molar refractivity (Wildman–Crippen MR) is 105 cm³/mol. The molecule has 1 amide bonds. The molecule has 0 unspecified atom stereocenters. The number of hydrogen-bond acceptors (Lipinski definition) is 7. The number of amides is 1. The van der Waals surface area contributed by atoms with Crippen molar-refractivity contribution in [3.05, 3.63) is 47.8 Å². The van der Waals surface area contributed by atoms with Crippen LogP contribution in [0.1, 0.15) is 27.6 Å². The van der Waals surface area contributed by atoms with E-state index in [1.54, 1.807) is 37.4 Å². The molecule has 0 saturated heterocycles. The number of benzene rings is 1. The maximum atomic E-state index is 12.8. The lowest BCUT2D eigenvalue weighted by Crippen LogP contribution is -2.13. The Morgan fingerprint density at radius 2 is 1.76 bits per heavy atom. The molecule has 0 aliphatic carbocycles. The van der Waals surface area contributed by atoms with Crippen molar-refractivity contribution in [2.75, 3.05) is 33.3 Å². The van der Waals surface area contributed by atoms with Crippen LogP contribution in [0.25, 0.3) is 5.52 Å². The summed E-state index contributed by atoms with van der Waals surface area (Å²) in [7, 11) is 4.44. The zero-order valence-corrected chi connectivity index (χ0v) is 16.5. The van der Waals surface area contributed by atoms with Gasteiger partial charge in [-0.25, -0.2) is 9.31 Å². The van der Waals surface area contributed by atoms with E-state index >= 15 is 0 Å². The molecule has 1 aromatic carbocycles. The van der Waals surface area contributed by atoms with Gasteiger partial charge in [0, 0.05) is 17.4 Å². The first-order valence-electron chi connectivity index (χ1n) is 8.78. The number of fused-ring (bicyclic) bond motifs is 1. The van der Waals surface area contributed by atoms with Crippen molar-refractivity contribution in [1.29, 1.82) is 0 Å². The van der Waals surface area contributed by atoms with Gasteiger partial charge in [0.15, 0.2) is 11.5 Å². The summed E-state index contributed by atoms with van der Waals surface area (Å²) in [6.07, 6.45) is 3.07. The van der Waals surface area contributed by atoms with Gasteiger partial charge in [-0.3, -0.25) is 4.79 Å². The van der Waals surface area contributed by atoms with Crippen molar-refractivity contribution in [3.63, 3.8) is 0 Å². The van der Waals surface area contributed by atoms with E-state index in [4.69, 9.17) is 18.9 Å². The molecule has 2 aromatic heterocycles. The van der Waals surface area contributed by atoms with Crippen molar-refractivity contribution >= 4 is 23.1 Å². The summed E-state index contributed by atoms with van der Waals surface area (Å²) in [6, 6.07) is 6.43. The molecule has 0 fully saturated rings. The SMILES string of the molecule is CCOC(=O)c1cnn2ccc(NC(=O)c3cc(OC)c(OC)c(OC)c3)cc12. The molecule has 3 rings (SSSR count). The number of nitrogens with zero attached hydrogens (tertiary/aromatic N) is 2. The van der Waals surface area contributed by atoms with E-state index in [0.717, 1.165) is 0 Å². The molecule has 1 N–H and O–H groups in total. The molecular formula is C20H21N3O6. The van der Waals surface area contributed by atoms with Crippen molar-refractivity contribution < 1.29 is 28.5 Å². The van der Waals surface area contributed by atoms with E-state index in [1.165, 1.54) is 32.0 Å². The Balaban J connectivity index is 1.92. The highest BCUT2D eigenvalue weighted by molar-refractivity contribution is 6.06. The molecule has 0 bridgehead atoms. The fraction of sp³-hybridized carbons (Fsp3) is 0.250. The van der Waals surface area contributed by atoms with Crippen LogP contribution in [-0.4, -0.2) is 49.4 Å². The second kappa shape index (κ2) is 8.51. The second-order valence-corrected chi connectivity index (χ2v) is 5.89. The summed E-state index contributed by atoms with van der Waals surface area (Å²) in [5.74, 6) is 0.272. The largest absolute Gasteiger partial charge is 0.493 e. The maximum Gasteiger partial charge on any atom is 0.341 e. The Morgan fingerprint density at radius 3 is 2.34 bits per heavy atom. The van der Waals surface area contributed by atoms with E-state index in [0.29, 0.717) is 39.6 Å². The van der Waals surface area contributed by atoms with Gasteiger partial charge in [-0.05, 0) is 31.2 Å². The smallest absolute Gasteiger partial charge is 0.341 e. The minimum Gasteiger partial charge on any atom is -0.493 e. The summed E-state index contributed by atoms with van der Waals surface area (Å²) in [6.45, 7) is 1.99. The number of rotatable bonds is 7. The molecule has 0 aliphatic heterocycles. The normalized spacial score (nSPS) is 10.5. The van der Waals surface area contributed by atoms with Crippen LogP contribution in [0, 0.1) is 0 Å². The Hall–Kier alpha value is -3.75. The summed E-state index contributed by atoms with van der Waals surface area (Å²) < 4.78 is 22.4.